The molecule has 0 aromatic carbocycles. The van der Waals surface area contributed by atoms with Crippen LogP contribution in [-0.4, -0.2) is 41.0 Å². The lowest BCUT2D eigenvalue weighted by molar-refractivity contribution is -0.156. The average Bonchev–Trinajstić information content (AvgIpc) is 2.14. The van der Waals surface area contributed by atoms with Crippen LogP contribution in [0.5, 0.6) is 0 Å². The van der Waals surface area contributed by atoms with Gasteiger partial charge in [-0.2, -0.15) is 0 Å². The van der Waals surface area contributed by atoms with E-state index >= 15 is 0 Å². The number of rotatable bonds is 3. The molecular weight excluding hydrogens is 246 g/mol. The summed E-state index contributed by atoms with van der Waals surface area (Å²) in [6.07, 6.45) is 1.63. The van der Waals surface area contributed by atoms with Gasteiger partial charge >= 0.3 is 5.97 Å². The predicted molar refractivity (Wildman–Crippen MR) is 58.6 cm³/mol. The summed E-state index contributed by atoms with van der Waals surface area (Å²) >= 11 is 0. The first-order valence-corrected chi connectivity index (χ1v) is 6.89. The van der Waals surface area contributed by atoms with Gasteiger partial charge in [0.1, 0.15) is 0 Å². The number of carboxylic acid groups (broad SMARTS) is 1. The number of carbonyl (C=O) groups excluding carboxylic acids is 1. The first-order chi connectivity index (χ1) is 7.65. The van der Waals surface area contributed by atoms with Crippen LogP contribution in [0.2, 0.25) is 0 Å². The largest absolute Gasteiger partial charge is 0.481 e. The molecular formula is C10H15NO5S. The van der Waals surface area contributed by atoms with Gasteiger partial charge in [0, 0.05) is 0 Å². The van der Waals surface area contributed by atoms with Crippen molar-refractivity contribution in [3.63, 3.8) is 0 Å². The van der Waals surface area contributed by atoms with Gasteiger partial charge in [-0.25, -0.2) is 12.7 Å². The molecule has 1 heterocycles. The Balaban J connectivity index is 2.22. The topological polar surface area (TPSA) is 91.8 Å². The second kappa shape index (κ2) is 3.22. The smallest absolute Gasteiger partial charge is 0.311 e. The van der Waals surface area contributed by atoms with Crippen LogP contribution in [0.1, 0.15) is 33.1 Å². The van der Waals surface area contributed by atoms with E-state index in [0.717, 1.165) is 10.7 Å². The molecule has 2 fully saturated rings. The van der Waals surface area contributed by atoms with Gasteiger partial charge in [0.25, 0.3) is 15.9 Å². The van der Waals surface area contributed by atoms with E-state index in [0.29, 0.717) is 12.8 Å². The van der Waals surface area contributed by atoms with E-state index in [1.165, 1.54) is 13.8 Å². The molecule has 0 atom stereocenters. The zero-order valence-electron chi connectivity index (χ0n) is 9.76. The van der Waals surface area contributed by atoms with Crippen LogP contribution in [0.25, 0.3) is 0 Å². The van der Waals surface area contributed by atoms with Crippen molar-refractivity contribution in [1.82, 2.24) is 4.31 Å². The lowest BCUT2D eigenvalue weighted by Crippen LogP contribution is -2.69. The molecule has 0 aromatic rings. The highest BCUT2D eigenvalue weighted by atomic mass is 32.2. The minimum Gasteiger partial charge on any atom is -0.481 e. The van der Waals surface area contributed by atoms with Crippen molar-refractivity contribution in [2.45, 2.75) is 37.9 Å². The standard InChI is InChI=1S/C10H15NO5S/c1-9(2)7(12)11(17(9,15)16)6-10(8(13)14)4-3-5-10/h3-6H2,1-2H3,(H,13,14). The number of sulfonamides is 1. The molecule has 1 saturated heterocycles. The fourth-order valence-electron chi connectivity index (χ4n) is 2.23. The fraction of sp³-hybridized carbons (Fsp3) is 0.800. The summed E-state index contributed by atoms with van der Waals surface area (Å²) in [7, 11) is -3.67. The molecule has 0 aromatic heterocycles. The molecule has 1 amide bonds. The average molecular weight is 261 g/mol. The van der Waals surface area contributed by atoms with Gasteiger partial charge in [-0.15, -0.1) is 0 Å². The Morgan fingerprint density at radius 2 is 1.94 bits per heavy atom. The SMILES string of the molecule is CC1(C)C(=O)N(CC2(C(=O)O)CCC2)S1(=O)=O. The Hall–Kier alpha value is -1.11. The molecule has 0 radical (unpaired) electrons. The fourth-order valence-corrected chi connectivity index (χ4v) is 3.84. The van der Waals surface area contributed by atoms with E-state index in [9.17, 15) is 18.0 Å². The first kappa shape index (κ1) is 12.3. The van der Waals surface area contributed by atoms with Crippen LogP contribution in [0.3, 0.4) is 0 Å². The number of amides is 1. The maximum Gasteiger partial charge on any atom is 0.311 e. The third-order valence-electron chi connectivity index (χ3n) is 3.89. The Morgan fingerprint density at radius 3 is 2.24 bits per heavy atom. The van der Waals surface area contributed by atoms with E-state index in [4.69, 9.17) is 5.11 Å². The summed E-state index contributed by atoms with van der Waals surface area (Å²) in [6.45, 7) is 2.47. The van der Waals surface area contributed by atoms with Gasteiger partial charge in [0.2, 0.25) is 0 Å². The van der Waals surface area contributed by atoms with Crippen LogP contribution >= 0.6 is 0 Å². The highest BCUT2D eigenvalue weighted by Gasteiger charge is 2.63. The minimum atomic E-state index is -3.67. The Morgan fingerprint density at radius 1 is 1.41 bits per heavy atom. The molecule has 0 unspecified atom stereocenters. The molecule has 1 aliphatic heterocycles. The lowest BCUT2D eigenvalue weighted by atomic mass is 9.68. The third-order valence-corrected chi connectivity index (χ3v) is 6.23. The van der Waals surface area contributed by atoms with Crippen LogP contribution in [0.15, 0.2) is 0 Å². The number of aliphatic carboxylic acids is 1. The van der Waals surface area contributed by atoms with Crippen molar-refractivity contribution in [3.8, 4) is 0 Å². The zero-order valence-corrected chi connectivity index (χ0v) is 10.6. The van der Waals surface area contributed by atoms with E-state index in [-0.39, 0.29) is 6.54 Å². The summed E-state index contributed by atoms with van der Waals surface area (Å²) in [6, 6.07) is 0. The molecule has 0 spiro atoms. The highest BCUT2D eigenvalue weighted by Crippen LogP contribution is 2.46. The molecule has 0 bridgehead atoms. The van der Waals surface area contributed by atoms with Gasteiger partial charge < -0.3 is 5.11 Å². The number of nitrogens with zero attached hydrogens (tertiary/aromatic N) is 1. The molecule has 17 heavy (non-hydrogen) atoms. The number of hydrogen-bond acceptors (Lipinski definition) is 4. The first-order valence-electron chi connectivity index (χ1n) is 5.45. The zero-order chi connectivity index (χ0) is 13.1. The molecule has 6 nitrogen and oxygen atoms in total. The molecule has 1 N–H and O–H groups in total. The molecule has 2 aliphatic rings. The van der Waals surface area contributed by atoms with Crippen molar-refractivity contribution < 1.29 is 23.1 Å². The second-order valence-corrected chi connectivity index (χ2v) is 7.68. The van der Waals surface area contributed by atoms with Gasteiger partial charge in [-0.1, -0.05) is 6.42 Å². The number of carbonyl (C=O) groups is 2. The highest BCUT2D eigenvalue weighted by molar-refractivity contribution is 7.94. The van der Waals surface area contributed by atoms with Crippen molar-refractivity contribution in [1.29, 1.82) is 0 Å². The van der Waals surface area contributed by atoms with E-state index in [1.54, 1.807) is 0 Å². The summed E-state index contributed by atoms with van der Waals surface area (Å²) in [4.78, 5) is 22.8. The van der Waals surface area contributed by atoms with Gasteiger partial charge in [-0.05, 0) is 26.7 Å². The predicted octanol–water partition coefficient (Wildman–Crippen LogP) is 0.192. The summed E-state index contributed by atoms with van der Waals surface area (Å²) in [5.74, 6) is -1.53. The Labute approximate surface area is 99.6 Å². The Bertz CT molecular complexity index is 489. The number of carboxylic acids is 1. The van der Waals surface area contributed by atoms with Crippen molar-refractivity contribution in [2.24, 2.45) is 5.41 Å². The van der Waals surface area contributed by atoms with Crippen molar-refractivity contribution in [2.75, 3.05) is 6.54 Å². The maximum absolute atomic E-state index is 11.8. The minimum absolute atomic E-state index is 0.215. The van der Waals surface area contributed by atoms with Crippen molar-refractivity contribution in [3.05, 3.63) is 0 Å². The summed E-state index contributed by atoms with van der Waals surface area (Å²) in [5, 5.41) is 9.11. The van der Waals surface area contributed by atoms with E-state index in [2.05, 4.69) is 0 Å². The van der Waals surface area contributed by atoms with E-state index in [1.807, 2.05) is 0 Å². The van der Waals surface area contributed by atoms with Crippen LogP contribution in [0.4, 0.5) is 0 Å². The van der Waals surface area contributed by atoms with Crippen LogP contribution in [0, 0.1) is 5.41 Å². The Kier molecular flexibility index (Phi) is 2.34. The quantitative estimate of drug-likeness (QED) is 0.783. The molecule has 2 rings (SSSR count). The third kappa shape index (κ3) is 1.34. The van der Waals surface area contributed by atoms with Gasteiger partial charge in [-0.3, -0.25) is 9.59 Å². The molecule has 96 valence electrons. The summed E-state index contributed by atoms with van der Waals surface area (Å²) in [5.41, 5.74) is -1.06. The molecule has 7 heteroatoms. The van der Waals surface area contributed by atoms with Crippen LogP contribution in [-0.2, 0) is 19.6 Å². The second-order valence-electron chi connectivity index (χ2n) is 5.27. The van der Waals surface area contributed by atoms with Gasteiger partial charge in [0.15, 0.2) is 4.75 Å². The van der Waals surface area contributed by atoms with Crippen molar-refractivity contribution >= 4 is 21.9 Å². The number of hydrogen-bond donors (Lipinski definition) is 1. The molecule has 1 aliphatic carbocycles. The monoisotopic (exact) mass is 261 g/mol. The normalized spacial score (nSPS) is 28.1. The lowest BCUT2D eigenvalue weighted by Gasteiger charge is -2.48. The maximum atomic E-state index is 11.8. The van der Waals surface area contributed by atoms with E-state index < -0.39 is 32.1 Å². The van der Waals surface area contributed by atoms with Gasteiger partial charge in [0.05, 0.1) is 12.0 Å². The van der Waals surface area contributed by atoms with Crippen LogP contribution < -0.4 is 0 Å². The summed E-state index contributed by atoms with van der Waals surface area (Å²) < 4.78 is 23.0. The molecule has 1 saturated carbocycles.